The molecule has 1 saturated heterocycles. The van der Waals surface area contributed by atoms with Crippen molar-refractivity contribution in [2.45, 2.75) is 25.9 Å². The lowest BCUT2D eigenvalue weighted by atomic mass is 10.2. The van der Waals surface area contributed by atoms with Gasteiger partial charge in [-0.3, -0.25) is 9.88 Å². The van der Waals surface area contributed by atoms with Gasteiger partial charge in [-0.05, 0) is 25.1 Å². The summed E-state index contributed by atoms with van der Waals surface area (Å²) < 4.78 is 28.6. The Hall–Kier alpha value is -1.73. The molecule has 22 heavy (non-hydrogen) atoms. The van der Waals surface area contributed by atoms with Crippen LogP contribution in [0.3, 0.4) is 0 Å². The first-order valence-corrected chi connectivity index (χ1v) is 9.21. The zero-order chi connectivity index (χ0) is 15.6. The Balaban J connectivity index is 1.71. The smallest absolute Gasteiger partial charge is 0.151 e. The van der Waals surface area contributed by atoms with Crippen molar-refractivity contribution in [3.05, 3.63) is 36.2 Å². The van der Waals surface area contributed by atoms with Crippen molar-refractivity contribution in [2.24, 2.45) is 0 Å². The molecule has 1 fully saturated rings. The van der Waals surface area contributed by atoms with Crippen molar-refractivity contribution in [1.82, 2.24) is 15.0 Å². The quantitative estimate of drug-likeness (QED) is 0.835. The second-order valence-corrected chi connectivity index (χ2v) is 7.74. The molecule has 0 aromatic carbocycles. The van der Waals surface area contributed by atoms with Gasteiger partial charge in [-0.15, -0.1) is 0 Å². The molecule has 0 bridgehead atoms. The molecule has 1 aliphatic heterocycles. The fraction of sp³-hybridized carbons (Fsp3) is 0.467. The maximum atomic E-state index is 11.6. The average molecular weight is 321 g/mol. The first kappa shape index (κ1) is 15.2. The van der Waals surface area contributed by atoms with Crippen LogP contribution < -0.4 is 0 Å². The highest BCUT2D eigenvalue weighted by Crippen LogP contribution is 2.22. The fourth-order valence-electron chi connectivity index (χ4n) is 2.79. The third kappa shape index (κ3) is 3.36. The number of nitrogens with zero attached hydrogens (tertiary/aromatic N) is 3. The normalized spacial score (nSPS) is 20.5. The van der Waals surface area contributed by atoms with E-state index in [1.807, 2.05) is 31.2 Å². The van der Waals surface area contributed by atoms with Crippen molar-refractivity contribution in [3.63, 3.8) is 0 Å². The highest BCUT2D eigenvalue weighted by molar-refractivity contribution is 7.91. The predicted molar refractivity (Wildman–Crippen MR) is 82.9 cm³/mol. The van der Waals surface area contributed by atoms with Crippen LogP contribution in [0.2, 0.25) is 0 Å². The Bertz CT molecular complexity index is 728. The number of sulfone groups is 1. The Labute approximate surface area is 130 Å². The van der Waals surface area contributed by atoms with Gasteiger partial charge in [0, 0.05) is 18.3 Å². The number of aromatic nitrogens is 2. The molecular weight excluding hydrogens is 302 g/mol. The van der Waals surface area contributed by atoms with Crippen LogP contribution in [0.25, 0.3) is 11.4 Å². The molecule has 3 heterocycles. The molecule has 1 atom stereocenters. The van der Waals surface area contributed by atoms with E-state index in [9.17, 15) is 8.42 Å². The lowest BCUT2D eigenvalue weighted by molar-refractivity contribution is 0.190. The number of hydrogen-bond donors (Lipinski definition) is 0. The van der Waals surface area contributed by atoms with Crippen LogP contribution in [0.4, 0.5) is 0 Å². The van der Waals surface area contributed by atoms with Gasteiger partial charge < -0.3 is 4.52 Å². The van der Waals surface area contributed by atoms with E-state index >= 15 is 0 Å². The van der Waals surface area contributed by atoms with E-state index in [0.29, 0.717) is 18.7 Å². The van der Waals surface area contributed by atoms with E-state index in [1.165, 1.54) is 0 Å². The molecule has 1 unspecified atom stereocenters. The predicted octanol–water partition coefficient (Wildman–Crippen LogP) is 1.75. The molecule has 118 valence electrons. The third-order valence-corrected chi connectivity index (χ3v) is 5.73. The number of pyridine rings is 1. The SMILES string of the molecule is CCN(Cc1cc(-c2ccccn2)no1)C1CCS(=O)(=O)C1. The number of rotatable bonds is 5. The second-order valence-electron chi connectivity index (χ2n) is 5.51. The molecule has 2 aromatic heterocycles. The maximum absolute atomic E-state index is 11.6. The molecule has 0 N–H and O–H groups in total. The highest BCUT2D eigenvalue weighted by Gasteiger charge is 2.32. The van der Waals surface area contributed by atoms with Gasteiger partial charge in [0.2, 0.25) is 0 Å². The molecule has 7 heteroatoms. The van der Waals surface area contributed by atoms with Crippen LogP contribution in [-0.2, 0) is 16.4 Å². The molecular formula is C15H19N3O3S. The first-order chi connectivity index (χ1) is 10.6. The lowest BCUT2D eigenvalue weighted by Crippen LogP contribution is -2.35. The van der Waals surface area contributed by atoms with Gasteiger partial charge in [0.1, 0.15) is 5.69 Å². The summed E-state index contributed by atoms with van der Waals surface area (Å²) in [5.74, 6) is 1.25. The van der Waals surface area contributed by atoms with Gasteiger partial charge in [0.05, 0.1) is 23.7 Å². The van der Waals surface area contributed by atoms with Crippen molar-refractivity contribution in [2.75, 3.05) is 18.1 Å². The lowest BCUT2D eigenvalue weighted by Gasteiger charge is -2.24. The van der Waals surface area contributed by atoms with Crippen molar-refractivity contribution in [1.29, 1.82) is 0 Å². The van der Waals surface area contributed by atoms with Crippen LogP contribution in [0.15, 0.2) is 35.0 Å². The Morgan fingerprint density at radius 2 is 2.23 bits per heavy atom. The van der Waals surface area contributed by atoms with Crippen molar-refractivity contribution < 1.29 is 12.9 Å². The van der Waals surface area contributed by atoms with Crippen LogP contribution in [0.5, 0.6) is 0 Å². The Kier molecular flexibility index (Phi) is 4.26. The summed E-state index contributed by atoms with van der Waals surface area (Å²) >= 11 is 0. The summed E-state index contributed by atoms with van der Waals surface area (Å²) in [7, 11) is -2.88. The zero-order valence-electron chi connectivity index (χ0n) is 12.5. The molecule has 2 aromatic rings. The minimum atomic E-state index is -2.88. The third-order valence-electron chi connectivity index (χ3n) is 3.98. The Morgan fingerprint density at radius 3 is 2.86 bits per heavy atom. The molecule has 1 aliphatic rings. The minimum Gasteiger partial charge on any atom is -0.359 e. The van der Waals surface area contributed by atoms with E-state index in [-0.39, 0.29) is 17.5 Å². The van der Waals surface area contributed by atoms with Crippen molar-refractivity contribution in [3.8, 4) is 11.4 Å². The van der Waals surface area contributed by atoms with E-state index in [1.54, 1.807) is 6.20 Å². The zero-order valence-corrected chi connectivity index (χ0v) is 13.3. The van der Waals surface area contributed by atoms with Crippen LogP contribution in [0, 0.1) is 0 Å². The molecule has 3 rings (SSSR count). The molecule has 0 radical (unpaired) electrons. The largest absolute Gasteiger partial charge is 0.359 e. The molecule has 6 nitrogen and oxygen atoms in total. The topological polar surface area (TPSA) is 76.3 Å². The summed E-state index contributed by atoms with van der Waals surface area (Å²) in [4.78, 5) is 6.37. The van der Waals surface area contributed by atoms with E-state index in [2.05, 4.69) is 15.0 Å². The van der Waals surface area contributed by atoms with Gasteiger partial charge in [0.25, 0.3) is 0 Å². The average Bonchev–Trinajstić information content (AvgIpc) is 3.12. The van der Waals surface area contributed by atoms with Gasteiger partial charge in [0.15, 0.2) is 15.6 Å². The van der Waals surface area contributed by atoms with E-state index in [0.717, 1.165) is 18.0 Å². The molecule has 0 amide bonds. The second kappa shape index (κ2) is 6.18. The molecule has 0 aliphatic carbocycles. The molecule has 0 spiro atoms. The van der Waals surface area contributed by atoms with Gasteiger partial charge >= 0.3 is 0 Å². The van der Waals surface area contributed by atoms with Gasteiger partial charge in [-0.2, -0.15) is 0 Å². The van der Waals surface area contributed by atoms with Crippen LogP contribution in [0.1, 0.15) is 19.1 Å². The summed E-state index contributed by atoms with van der Waals surface area (Å²) in [5.41, 5.74) is 1.47. The maximum Gasteiger partial charge on any atom is 0.151 e. The Morgan fingerprint density at radius 1 is 1.36 bits per heavy atom. The van der Waals surface area contributed by atoms with Gasteiger partial charge in [-0.25, -0.2) is 8.42 Å². The fourth-order valence-corrected chi connectivity index (χ4v) is 4.55. The van der Waals surface area contributed by atoms with Gasteiger partial charge in [-0.1, -0.05) is 18.1 Å². The van der Waals surface area contributed by atoms with Crippen LogP contribution in [-0.4, -0.2) is 47.6 Å². The minimum absolute atomic E-state index is 0.0680. The standard InChI is InChI=1S/C15H19N3O3S/c1-2-18(12-6-8-22(19,20)11-12)10-13-9-15(17-21-13)14-5-3-4-7-16-14/h3-5,7,9,12H,2,6,8,10-11H2,1H3. The summed E-state index contributed by atoms with van der Waals surface area (Å²) in [6.07, 6.45) is 2.41. The number of hydrogen-bond acceptors (Lipinski definition) is 6. The summed E-state index contributed by atoms with van der Waals surface area (Å²) in [6, 6.07) is 7.57. The van der Waals surface area contributed by atoms with Crippen molar-refractivity contribution >= 4 is 9.84 Å². The molecule has 0 saturated carbocycles. The summed E-state index contributed by atoms with van der Waals surface area (Å²) in [5, 5.41) is 4.05. The van der Waals surface area contributed by atoms with E-state index < -0.39 is 9.84 Å². The van der Waals surface area contributed by atoms with Crippen LogP contribution >= 0.6 is 0 Å². The first-order valence-electron chi connectivity index (χ1n) is 7.39. The monoisotopic (exact) mass is 321 g/mol. The van der Waals surface area contributed by atoms with E-state index in [4.69, 9.17) is 4.52 Å². The highest BCUT2D eigenvalue weighted by atomic mass is 32.2. The summed E-state index contributed by atoms with van der Waals surface area (Å²) in [6.45, 7) is 3.37.